The Balaban J connectivity index is 1.30. The van der Waals surface area contributed by atoms with Crippen LogP contribution in [0.3, 0.4) is 0 Å². The Hall–Kier alpha value is -4.06. The first-order chi connectivity index (χ1) is 20.6. The second kappa shape index (κ2) is 11.8. The van der Waals surface area contributed by atoms with E-state index in [1.807, 2.05) is 53.4 Å². The first-order valence-corrected chi connectivity index (χ1v) is 14.9. The van der Waals surface area contributed by atoms with E-state index in [2.05, 4.69) is 10.3 Å². The Morgan fingerprint density at radius 3 is 2.39 bits per heavy atom. The van der Waals surface area contributed by atoms with Crippen molar-refractivity contribution in [2.24, 2.45) is 0 Å². The van der Waals surface area contributed by atoms with E-state index in [1.54, 1.807) is 44.9 Å². The average Bonchev–Trinajstić information content (AvgIpc) is 3.44. The Kier molecular flexibility index (Phi) is 8.41. The quantitative estimate of drug-likeness (QED) is 0.373. The Bertz CT molecular complexity index is 1520. The van der Waals surface area contributed by atoms with Crippen molar-refractivity contribution >= 4 is 17.7 Å². The molecule has 0 saturated carbocycles. The highest BCUT2D eigenvalue weighted by atomic mass is 19.1. The highest BCUT2D eigenvalue weighted by molar-refractivity contribution is 5.94. The predicted octanol–water partition coefficient (Wildman–Crippen LogP) is 5.72. The molecule has 3 aromatic rings. The number of benzene rings is 2. The second-order valence-corrected chi connectivity index (χ2v) is 12.9. The van der Waals surface area contributed by atoms with Crippen molar-refractivity contribution in [2.45, 2.75) is 84.4 Å². The van der Waals surface area contributed by atoms with Gasteiger partial charge in [-0.05, 0) is 91.3 Å². The van der Waals surface area contributed by atoms with Gasteiger partial charge in [-0.15, -0.1) is 5.10 Å². The smallest absolute Gasteiger partial charge is 0.413 e. The average molecular weight is 611 g/mol. The van der Waals surface area contributed by atoms with E-state index >= 15 is 0 Å². The lowest BCUT2D eigenvalue weighted by molar-refractivity contribution is -0.0757. The van der Waals surface area contributed by atoms with Crippen molar-refractivity contribution in [1.82, 2.24) is 24.8 Å². The van der Waals surface area contributed by atoms with E-state index < -0.39 is 35.1 Å². The molecule has 5 rings (SSSR count). The van der Waals surface area contributed by atoms with Crippen LogP contribution in [-0.4, -0.2) is 79.9 Å². The summed E-state index contributed by atoms with van der Waals surface area (Å²) < 4.78 is 41.2. The minimum absolute atomic E-state index is 0.0682. The molecule has 3 heterocycles. The molecule has 0 radical (unpaired) electrons. The third kappa shape index (κ3) is 6.40. The minimum atomic E-state index is -0.910. The number of aromatic nitrogens is 3. The molecule has 2 aliphatic rings. The molecule has 1 aromatic heterocycles. The van der Waals surface area contributed by atoms with Gasteiger partial charge in [-0.2, -0.15) is 0 Å². The molecular weight excluding hydrogens is 570 g/mol. The number of nitrogens with zero attached hydrogens (tertiary/aromatic N) is 6. The number of halogens is 2. The lowest BCUT2D eigenvalue weighted by Crippen LogP contribution is -2.47. The molecule has 2 fully saturated rings. The van der Waals surface area contributed by atoms with Crippen molar-refractivity contribution in [3.05, 3.63) is 71.6 Å². The van der Waals surface area contributed by atoms with Gasteiger partial charge in [0.05, 0.1) is 23.7 Å². The molecule has 1 unspecified atom stereocenters. The number of ether oxygens (including phenoxy) is 2. The van der Waals surface area contributed by atoms with E-state index in [0.717, 1.165) is 6.07 Å². The fourth-order valence-corrected chi connectivity index (χ4v) is 5.94. The third-order valence-corrected chi connectivity index (χ3v) is 8.03. The second-order valence-electron chi connectivity index (χ2n) is 12.9. The van der Waals surface area contributed by atoms with Gasteiger partial charge >= 0.3 is 6.09 Å². The molecule has 2 saturated heterocycles. The van der Waals surface area contributed by atoms with Crippen LogP contribution in [0.15, 0.2) is 48.7 Å². The van der Waals surface area contributed by atoms with Gasteiger partial charge in [0.15, 0.2) is 0 Å². The van der Waals surface area contributed by atoms with Gasteiger partial charge in [0.2, 0.25) is 0 Å². The van der Waals surface area contributed by atoms with Gasteiger partial charge in [-0.25, -0.2) is 18.3 Å². The highest BCUT2D eigenvalue weighted by Crippen LogP contribution is 2.41. The van der Waals surface area contributed by atoms with Crippen LogP contribution in [-0.2, 0) is 9.47 Å². The summed E-state index contributed by atoms with van der Waals surface area (Å²) in [6, 6.07) is 10.1. The zero-order valence-electron chi connectivity index (χ0n) is 26.3. The normalized spacial score (nSPS) is 22.2. The molecule has 2 aromatic carbocycles. The molecular formula is C32H40F2N6O4. The van der Waals surface area contributed by atoms with Crippen LogP contribution in [0, 0.1) is 11.6 Å². The van der Waals surface area contributed by atoms with Crippen molar-refractivity contribution < 1.29 is 27.8 Å². The summed E-state index contributed by atoms with van der Waals surface area (Å²) in [6.07, 6.45) is 1.54. The summed E-state index contributed by atoms with van der Waals surface area (Å²) in [5, 5.41) is 8.67. The standard InChI is InChI=1S/C32H40F2N6O4/c1-20-14-15-37(27-13-10-23(33)18-25(27)34)16-17-38(20)29(41)22-8-11-24(12-9-22)39-19-26(35-36-39)28-21(2)43-32(6,7)40(28)30(42)44-31(3,4)5/h8-13,18-21,28H,14-17H2,1-7H3/t20?,21-,28+/m1/s1. The number of rotatable bonds is 4. The molecule has 12 heteroatoms. The predicted molar refractivity (Wildman–Crippen MR) is 160 cm³/mol. The number of carbonyl (C=O) groups excluding carboxylic acids is 2. The molecule has 0 aliphatic carbocycles. The van der Waals surface area contributed by atoms with Crippen molar-refractivity contribution in [3.8, 4) is 5.69 Å². The van der Waals surface area contributed by atoms with E-state index in [1.165, 1.54) is 12.1 Å². The molecule has 44 heavy (non-hydrogen) atoms. The summed E-state index contributed by atoms with van der Waals surface area (Å²) in [7, 11) is 0. The SMILES string of the molecule is CC1CCN(c2ccc(F)cc2F)CCN1C(=O)c1ccc(-n2cc([C@@H]3[C@@H](C)OC(C)(C)N3C(=O)OC(C)(C)C)nn2)cc1. The van der Waals surface area contributed by atoms with Crippen LogP contribution in [0.1, 0.15) is 77.0 Å². The monoisotopic (exact) mass is 610 g/mol. The van der Waals surface area contributed by atoms with Gasteiger partial charge in [0.25, 0.3) is 5.91 Å². The zero-order chi connectivity index (χ0) is 32.0. The van der Waals surface area contributed by atoms with Crippen molar-refractivity contribution in [2.75, 3.05) is 24.5 Å². The number of hydrogen-bond donors (Lipinski definition) is 0. The first-order valence-electron chi connectivity index (χ1n) is 14.9. The summed E-state index contributed by atoms with van der Waals surface area (Å²) in [5.74, 6) is -1.36. The van der Waals surface area contributed by atoms with Crippen LogP contribution in [0.25, 0.3) is 5.69 Å². The fourth-order valence-electron chi connectivity index (χ4n) is 5.94. The summed E-state index contributed by atoms with van der Waals surface area (Å²) in [5.41, 5.74) is 0.503. The van der Waals surface area contributed by atoms with Crippen LogP contribution < -0.4 is 4.90 Å². The summed E-state index contributed by atoms with van der Waals surface area (Å²) in [6.45, 7) is 14.3. The van der Waals surface area contributed by atoms with Gasteiger partial charge in [0.1, 0.15) is 34.7 Å². The number of amides is 2. The summed E-state index contributed by atoms with van der Waals surface area (Å²) >= 11 is 0. The maximum atomic E-state index is 14.4. The van der Waals surface area contributed by atoms with Gasteiger partial charge in [-0.3, -0.25) is 9.69 Å². The van der Waals surface area contributed by atoms with E-state index in [9.17, 15) is 18.4 Å². The largest absolute Gasteiger partial charge is 0.444 e. The number of hydrogen-bond acceptors (Lipinski definition) is 7. The molecule has 0 bridgehead atoms. The molecule has 10 nitrogen and oxygen atoms in total. The van der Waals surface area contributed by atoms with Crippen LogP contribution in [0.5, 0.6) is 0 Å². The summed E-state index contributed by atoms with van der Waals surface area (Å²) in [4.78, 5) is 31.9. The van der Waals surface area contributed by atoms with E-state index in [4.69, 9.17) is 9.47 Å². The Morgan fingerprint density at radius 2 is 1.73 bits per heavy atom. The molecule has 3 atom stereocenters. The fraction of sp³-hybridized carbons (Fsp3) is 0.500. The topological polar surface area (TPSA) is 93.0 Å². The highest BCUT2D eigenvalue weighted by Gasteiger charge is 2.51. The molecule has 236 valence electrons. The van der Waals surface area contributed by atoms with Crippen molar-refractivity contribution in [3.63, 3.8) is 0 Å². The first kappa shape index (κ1) is 31.4. The lowest BCUT2D eigenvalue weighted by atomic mass is 10.1. The van der Waals surface area contributed by atoms with E-state index in [0.29, 0.717) is 48.7 Å². The molecule has 2 aliphatic heterocycles. The molecule has 0 spiro atoms. The molecule has 2 amide bonds. The number of anilines is 1. The van der Waals surface area contributed by atoms with Gasteiger partial charge < -0.3 is 19.3 Å². The van der Waals surface area contributed by atoms with Crippen LogP contribution >= 0.6 is 0 Å². The van der Waals surface area contributed by atoms with Crippen LogP contribution in [0.2, 0.25) is 0 Å². The maximum Gasteiger partial charge on any atom is 0.413 e. The minimum Gasteiger partial charge on any atom is -0.444 e. The van der Waals surface area contributed by atoms with E-state index in [-0.39, 0.29) is 18.1 Å². The van der Waals surface area contributed by atoms with Crippen molar-refractivity contribution in [1.29, 1.82) is 0 Å². The maximum absolute atomic E-state index is 14.4. The zero-order valence-corrected chi connectivity index (χ0v) is 26.3. The van der Waals surface area contributed by atoms with Gasteiger partial charge in [-0.1, -0.05) is 5.21 Å². The van der Waals surface area contributed by atoms with Gasteiger partial charge in [0, 0.05) is 37.3 Å². The molecule has 0 N–H and O–H groups in total. The lowest BCUT2D eigenvalue weighted by Gasteiger charge is -2.34. The van der Waals surface area contributed by atoms with Crippen LogP contribution in [0.4, 0.5) is 19.3 Å². The number of carbonyl (C=O) groups is 2. The Morgan fingerprint density at radius 1 is 1.02 bits per heavy atom. The Labute approximate surface area is 256 Å². The third-order valence-electron chi connectivity index (χ3n) is 8.03.